The molecule has 1 saturated heterocycles. The summed E-state index contributed by atoms with van der Waals surface area (Å²) in [6.45, 7) is 1.95. The number of primary amides is 1. The van der Waals surface area contributed by atoms with Crippen LogP contribution in [0.4, 0.5) is 0 Å². The Kier molecular flexibility index (Phi) is 3.60. The van der Waals surface area contributed by atoms with Crippen molar-refractivity contribution in [2.45, 2.75) is 44.3 Å². The van der Waals surface area contributed by atoms with Crippen LogP contribution in [0.1, 0.15) is 36.6 Å². The number of ether oxygens (including phenoxy) is 1. The summed E-state index contributed by atoms with van der Waals surface area (Å²) in [6, 6.07) is 0. The van der Waals surface area contributed by atoms with Crippen LogP contribution in [0.5, 0.6) is 0 Å². The zero-order valence-electron chi connectivity index (χ0n) is 9.93. The van der Waals surface area contributed by atoms with E-state index in [4.69, 9.17) is 10.5 Å². The maximum absolute atomic E-state index is 10.9. The number of carbonyl (C=O) groups is 1. The van der Waals surface area contributed by atoms with Crippen LogP contribution in [0.3, 0.4) is 0 Å². The molecule has 8 heteroatoms. The Bertz CT molecular complexity index is 435. The lowest BCUT2D eigenvalue weighted by molar-refractivity contribution is -0.0465. The van der Waals surface area contributed by atoms with E-state index in [1.54, 1.807) is 0 Å². The van der Waals surface area contributed by atoms with E-state index in [0.717, 1.165) is 6.42 Å². The first-order chi connectivity index (χ1) is 8.54. The van der Waals surface area contributed by atoms with E-state index in [9.17, 15) is 15.0 Å². The van der Waals surface area contributed by atoms with Crippen molar-refractivity contribution >= 4 is 5.91 Å². The van der Waals surface area contributed by atoms with Gasteiger partial charge in [-0.15, -0.1) is 5.10 Å². The van der Waals surface area contributed by atoms with E-state index in [2.05, 4.69) is 10.1 Å². The molecule has 18 heavy (non-hydrogen) atoms. The van der Waals surface area contributed by atoms with Crippen molar-refractivity contribution in [2.75, 3.05) is 0 Å². The minimum atomic E-state index is -1.11. The standard InChI is InChI=1S/C10H16N4O4/c1-2-3-5-6(15)7(16)10(18-5)14-4-12-9(13-14)8(11)17/h4-7,10,15-16H,2-3H2,1H3,(H2,11,17). The average Bonchev–Trinajstić information content (AvgIpc) is 2.90. The number of rotatable bonds is 4. The van der Waals surface area contributed by atoms with Crippen molar-refractivity contribution < 1.29 is 19.7 Å². The molecule has 0 radical (unpaired) electrons. The maximum Gasteiger partial charge on any atom is 0.288 e. The SMILES string of the molecule is CCCC1OC(n2cnc(C(N)=O)n2)C(O)C1O. The fourth-order valence-electron chi connectivity index (χ4n) is 1.98. The average molecular weight is 256 g/mol. The van der Waals surface area contributed by atoms with Gasteiger partial charge in [0.15, 0.2) is 6.23 Å². The molecule has 4 unspecified atom stereocenters. The molecule has 100 valence electrons. The van der Waals surface area contributed by atoms with Crippen molar-refractivity contribution in [3.05, 3.63) is 12.2 Å². The molecule has 1 aromatic rings. The zero-order chi connectivity index (χ0) is 13.3. The summed E-state index contributed by atoms with van der Waals surface area (Å²) in [7, 11) is 0. The monoisotopic (exact) mass is 256 g/mol. The fraction of sp³-hybridized carbons (Fsp3) is 0.700. The molecule has 1 fully saturated rings. The van der Waals surface area contributed by atoms with Crippen LogP contribution < -0.4 is 5.73 Å². The number of carbonyl (C=O) groups excluding carboxylic acids is 1. The van der Waals surface area contributed by atoms with Crippen LogP contribution in [0.25, 0.3) is 0 Å². The van der Waals surface area contributed by atoms with Crippen LogP contribution in [-0.4, -0.2) is 49.2 Å². The lowest BCUT2D eigenvalue weighted by Gasteiger charge is -2.13. The van der Waals surface area contributed by atoms with E-state index in [-0.39, 0.29) is 5.82 Å². The van der Waals surface area contributed by atoms with Crippen LogP contribution >= 0.6 is 0 Å². The van der Waals surface area contributed by atoms with Crippen LogP contribution in [0.2, 0.25) is 0 Å². The second kappa shape index (κ2) is 5.01. The van der Waals surface area contributed by atoms with E-state index >= 15 is 0 Å². The molecule has 1 aliphatic rings. The second-order valence-electron chi connectivity index (χ2n) is 4.25. The molecule has 4 N–H and O–H groups in total. The minimum Gasteiger partial charge on any atom is -0.388 e. The van der Waals surface area contributed by atoms with Gasteiger partial charge in [-0.2, -0.15) is 0 Å². The first-order valence-corrected chi connectivity index (χ1v) is 5.77. The van der Waals surface area contributed by atoms with Crippen molar-refractivity contribution in [3.63, 3.8) is 0 Å². The summed E-state index contributed by atoms with van der Waals surface area (Å²) >= 11 is 0. The molecule has 4 atom stereocenters. The molecule has 0 saturated carbocycles. The third-order valence-corrected chi connectivity index (χ3v) is 2.90. The molecular formula is C10H16N4O4. The fourth-order valence-corrected chi connectivity index (χ4v) is 1.98. The first kappa shape index (κ1) is 12.9. The Morgan fingerprint density at radius 2 is 2.28 bits per heavy atom. The molecule has 0 spiro atoms. The van der Waals surface area contributed by atoms with Crippen LogP contribution in [0, 0.1) is 0 Å². The van der Waals surface area contributed by atoms with Gasteiger partial charge in [-0.3, -0.25) is 4.79 Å². The Hall–Kier alpha value is -1.51. The molecule has 2 heterocycles. The molecule has 8 nitrogen and oxygen atoms in total. The number of amides is 1. The van der Waals surface area contributed by atoms with E-state index in [1.165, 1.54) is 11.0 Å². The van der Waals surface area contributed by atoms with Crippen molar-refractivity contribution in [1.82, 2.24) is 14.8 Å². The Morgan fingerprint density at radius 3 is 2.83 bits per heavy atom. The third kappa shape index (κ3) is 2.22. The van der Waals surface area contributed by atoms with Gasteiger partial charge in [0.05, 0.1) is 6.10 Å². The number of nitrogens with zero attached hydrogens (tertiary/aromatic N) is 3. The highest BCUT2D eigenvalue weighted by Crippen LogP contribution is 2.30. The van der Waals surface area contributed by atoms with E-state index in [1.807, 2.05) is 6.92 Å². The first-order valence-electron chi connectivity index (χ1n) is 5.77. The van der Waals surface area contributed by atoms with Gasteiger partial charge < -0.3 is 20.7 Å². The zero-order valence-corrected chi connectivity index (χ0v) is 9.93. The summed E-state index contributed by atoms with van der Waals surface area (Å²) in [5.41, 5.74) is 5.03. The Morgan fingerprint density at radius 1 is 1.56 bits per heavy atom. The topological polar surface area (TPSA) is 123 Å². The summed E-state index contributed by atoms with van der Waals surface area (Å²) in [4.78, 5) is 14.6. The van der Waals surface area contributed by atoms with E-state index < -0.39 is 30.4 Å². The van der Waals surface area contributed by atoms with Crippen molar-refractivity contribution in [2.24, 2.45) is 5.73 Å². The van der Waals surface area contributed by atoms with Gasteiger partial charge in [-0.25, -0.2) is 9.67 Å². The van der Waals surface area contributed by atoms with Crippen molar-refractivity contribution in [3.8, 4) is 0 Å². The number of aromatic nitrogens is 3. The molecule has 0 aromatic carbocycles. The highest BCUT2D eigenvalue weighted by atomic mass is 16.6. The Labute approximate surface area is 103 Å². The highest BCUT2D eigenvalue weighted by molar-refractivity contribution is 5.88. The summed E-state index contributed by atoms with van der Waals surface area (Å²) < 4.78 is 6.71. The molecule has 2 rings (SSSR count). The van der Waals surface area contributed by atoms with Crippen molar-refractivity contribution in [1.29, 1.82) is 0 Å². The number of hydrogen-bond donors (Lipinski definition) is 3. The molecule has 0 bridgehead atoms. The normalized spacial score (nSPS) is 31.7. The second-order valence-corrected chi connectivity index (χ2v) is 4.25. The molecule has 1 aliphatic heterocycles. The largest absolute Gasteiger partial charge is 0.388 e. The van der Waals surface area contributed by atoms with Gasteiger partial charge >= 0.3 is 0 Å². The lowest BCUT2D eigenvalue weighted by Crippen LogP contribution is -2.31. The van der Waals surface area contributed by atoms with Gasteiger partial charge in [0.2, 0.25) is 5.82 Å². The van der Waals surface area contributed by atoms with Crippen LogP contribution in [0.15, 0.2) is 6.33 Å². The molecule has 1 amide bonds. The predicted molar refractivity (Wildman–Crippen MR) is 59.4 cm³/mol. The number of nitrogens with two attached hydrogens (primary N) is 1. The molecular weight excluding hydrogens is 240 g/mol. The highest BCUT2D eigenvalue weighted by Gasteiger charge is 2.43. The van der Waals surface area contributed by atoms with Gasteiger partial charge in [0, 0.05) is 0 Å². The van der Waals surface area contributed by atoms with Gasteiger partial charge in [-0.1, -0.05) is 13.3 Å². The number of aliphatic hydroxyl groups excluding tert-OH is 2. The third-order valence-electron chi connectivity index (χ3n) is 2.90. The van der Waals surface area contributed by atoms with Gasteiger partial charge in [-0.05, 0) is 6.42 Å². The summed E-state index contributed by atoms with van der Waals surface area (Å²) in [5, 5.41) is 23.5. The Balaban J connectivity index is 2.15. The molecule has 0 aliphatic carbocycles. The van der Waals surface area contributed by atoms with Gasteiger partial charge in [0.25, 0.3) is 5.91 Å². The van der Waals surface area contributed by atoms with Crippen LogP contribution in [-0.2, 0) is 4.74 Å². The van der Waals surface area contributed by atoms with E-state index in [0.29, 0.717) is 6.42 Å². The smallest absolute Gasteiger partial charge is 0.288 e. The number of aliphatic hydroxyl groups is 2. The molecule has 1 aromatic heterocycles. The number of hydrogen-bond acceptors (Lipinski definition) is 6. The quantitative estimate of drug-likeness (QED) is 0.621. The summed E-state index contributed by atoms with van der Waals surface area (Å²) in [6.07, 6.45) is -0.680. The predicted octanol–water partition coefficient (Wildman–Crippen LogP) is -1.20. The van der Waals surface area contributed by atoms with Gasteiger partial charge in [0.1, 0.15) is 18.5 Å². The summed E-state index contributed by atoms with van der Waals surface area (Å²) in [5.74, 6) is -0.911. The minimum absolute atomic E-state index is 0.153. The lowest BCUT2D eigenvalue weighted by atomic mass is 10.1. The maximum atomic E-state index is 10.9.